The predicted octanol–water partition coefficient (Wildman–Crippen LogP) is 2.34. The molecule has 0 amide bonds. The number of hydrogen-bond acceptors (Lipinski definition) is 4. The number of phenols is 1. The van der Waals surface area contributed by atoms with Crippen molar-refractivity contribution in [2.24, 2.45) is 5.41 Å². The molecule has 1 aliphatic carbocycles. The van der Waals surface area contributed by atoms with Crippen LogP contribution in [0.1, 0.15) is 31.4 Å². The maximum Gasteiger partial charge on any atom is 0.313 e. The van der Waals surface area contributed by atoms with E-state index in [0.717, 1.165) is 24.9 Å². The summed E-state index contributed by atoms with van der Waals surface area (Å²) in [4.78, 5) is 14.2. The van der Waals surface area contributed by atoms with Crippen LogP contribution in [0.3, 0.4) is 0 Å². The molecule has 1 aromatic carbocycles. The summed E-state index contributed by atoms with van der Waals surface area (Å²) in [6.07, 6.45) is 1.53. The minimum atomic E-state index is -0.297. The summed E-state index contributed by atoms with van der Waals surface area (Å²) >= 11 is 0. The molecule has 19 heavy (non-hydrogen) atoms. The Hall–Kier alpha value is -1.55. The first-order valence-corrected chi connectivity index (χ1v) is 6.58. The summed E-state index contributed by atoms with van der Waals surface area (Å²) in [6, 6.07) is 6.76. The van der Waals surface area contributed by atoms with Crippen molar-refractivity contribution >= 4 is 5.97 Å². The van der Waals surface area contributed by atoms with Crippen molar-refractivity contribution in [2.75, 3.05) is 20.6 Å². The molecule has 1 unspecified atom stereocenters. The van der Waals surface area contributed by atoms with Gasteiger partial charge >= 0.3 is 5.97 Å². The second kappa shape index (κ2) is 5.21. The molecule has 0 heterocycles. The van der Waals surface area contributed by atoms with Gasteiger partial charge in [0.25, 0.3) is 0 Å². The minimum Gasteiger partial charge on any atom is -0.508 e. The van der Waals surface area contributed by atoms with Crippen molar-refractivity contribution in [3.63, 3.8) is 0 Å². The van der Waals surface area contributed by atoms with Crippen LogP contribution in [0.5, 0.6) is 5.75 Å². The van der Waals surface area contributed by atoms with E-state index in [2.05, 4.69) is 0 Å². The number of nitrogens with zero attached hydrogens (tertiary/aromatic N) is 1. The summed E-state index contributed by atoms with van der Waals surface area (Å²) in [5, 5.41) is 9.25. The lowest BCUT2D eigenvalue weighted by Gasteiger charge is -2.21. The van der Waals surface area contributed by atoms with Crippen molar-refractivity contribution in [2.45, 2.75) is 25.9 Å². The summed E-state index contributed by atoms with van der Waals surface area (Å²) < 4.78 is 5.56. The fourth-order valence-electron chi connectivity index (χ4n) is 2.28. The van der Waals surface area contributed by atoms with Gasteiger partial charge in [0.05, 0.1) is 5.41 Å². The number of carbonyl (C=O) groups excluding carboxylic acids is 1. The molecule has 0 aliphatic heterocycles. The van der Waals surface area contributed by atoms with Crippen LogP contribution < -0.4 is 0 Å². The van der Waals surface area contributed by atoms with Gasteiger partial charge in [0, 0.05) is 6.54 Å². The molecule has 0 aromatic heterocycles. The lowest BCUT2D eigenvalue weighted by atomic mass is 10.1. The highest BCUT2D eigenvalue weighted by Gasteiger charge is 2.51. The van der Waals surface area contributed by atoms with Gasteiger partial charge in [-0.3, -0.25) is 4.79 Å². The van der Waals surface area contributed by atoms with Gasteiger partial charge in [0.2, 0.25) is 0 Å². The highest BCUT2D eigenvalue weighted by Crippen LogP contribution is 2.47. The number of rotatable bonds is 5. The van der Waals surface area contributed by atoms with Gasteiger partial charge in [0.1, 0.15) is 11.9 Å². The Morgan fingerprint density at radius 1 is 1.37 bits per heavy atom. The molecular weight excluding hydrogens is 242 g/mol. The fraction of sp³-hybridized carbons (Fsp3) is 0.533. The molecule has 1 aromatic rings. The highest BCUT2D eigenvalue weighted by atomic mass is 16.5. The number of ether oxygens (including phenoxy) is 1. The first-order chi connectivity index (χ1) is 8.93. The second-order valence-electron chi connectivity index (χ2n) is 5.66. The first kappa shape index (κ1) is 13.9. The molecule has 0 bridgehead atoms. The third-order valence-corrected chi connectivity index (χ3v) is 3.55. The zero-order chi connectivity index (χ0) is 14.0. The standard InChI is InChI=1S/C15H21NO3/c1-11(12-4-6-13(17)7-5-12)19-14(18)15(8-9-15)10-16(2)3/h4-7,11,17H,8-10H2,1-3H3. The van der Waals surface area contributed by atoms with Crippen LogP contribution in [0.15, 0.2) is 24.3 Å². The number of hydrogen-bond donors (Lipinski definition) is 1. The number of aromatic hydroxyl groups is 1. The van der Waals surface area contributed by atoms with Crippen molar-refractivity contribution in [1.29, 1.82) is 0 Å². The predicted molar refractivity (Wildman–Crippen MR) is 72.8 cm³/mol. The number of esters is 1. The molecule has 0 saturated heterocycles. The van der Waals surface area contributed by atoms with E-state index in [1.807, 2.05) is 25.9 Å². The quantitative estimate of drug-likeness (QED) is 0.828. The number of benzene rings is 1. The van der Waals surface area contributed by atoms with E-state index < -0.39 is 0 Å². The van der Waals surface area contributed by atoms with Gasteiger partial charge in [-0.25, -0.2) is 0 Å². The molecule has 1 aliphatic rings. The van der Waals surface area contributed by atoms with Crippen LogP contribution in [0, 0.1) is 5.41 Å². The van der Waals surface area contributed by atoms with E-state index in [0.29, 0.717) is 0 Å². The normalized spacial score (nSPS) is 18.1. The summed E-state index contributed by atoms with van der Waals surface area (Å²) in [5.74, 6) is 0.107. The monoisotopic (exact) mass is 263 g/mol. The molecular formula is C15H21NO3. The van der Waals surface area contributed by atoms with Crippen molar-refractivity contribution in [3.05, 3.63) is 29.8 Å². The topological polar surface area (TPSA) is 49.8 Å². The van der Waals surface area contributed by atoms with Crippen molar-refractivity contribution < 1.29 is 14.6 Å². The summed E-state index contributed by atoms with van der Waals surface area (Å²) in [6.45, 7) is 2.60. The van der Waals surface area contributed by atoms with Gasteiger partial charge in [-0.1, -0.05) is 12.1 Å². The molecule has 0 radical (unpaired) electrons. The lowest BCUT2D eigenvalue weighted by molar-refractivity contribution is -0.156. The Balaban J connectivity index is 1.97. The van der Waals surface area contributed by atoms with Crippen molar-refractivity contribution in [3.8, 4) is 5.75 Å². The van der Waals surface area contributed by atoms with Crippen molar-refractivity contribution in [1.82, 2.24) is 4.90 Å². The van der Waals surface area contributed by atoms with E-state index in [1.165, 1.54) is 0 Å². The Labute approximate surface area is 114 Å². The molecule has 1 atom stereocenters. The third-order valence-electron chi connectivity index (χ3n) is 3.55. The Kier molecular flexibility index (Phi) is 3.80. The van der Waals surface area contributed by atoms with E-state index in [9.17, 15) is 9.90 Å². The van der Waals surface area contributed by atoms with Gasteiger partial charge in [-0.15, -0.1) is 0 Å². The Bertz CT molecular complexity index is 449. The largest absolute Gasteiger partial charge is 0.508 e. The number of phenolic OH excluding ortho intramolecular Hbond substituents is 1. The van der Waals surface area contributed by atoms with Crippen LogP contribution in [0.2, 0.25) is 0 Å². The second-order valence-corrected chi connectivity index (χ2v) is 5.66. The van der Waals surface area contributed by atoms with E-state index in [1.54, 1.807) is 24.3 Å². The van der Waals surface area contributed by atoms with Crippen LogP contribution >= 0.6 is 0 Å². The summed E-state index contributed by atoms with van der Waals surface area (Å²) in [7, 11) is 3.94. The van der Waals surface area contributed by atoms with Crippen LogP contribution in [0.4, 0.5) is 0 Å². The molecule has 2 rings (SSSR count). The molecule has 0 spiro atoms. The Morgan fingerprint density at radius 2 is 1.95 bits per heavy atom. The van der Waals surface area contributed by atoms with Gasteiger partial charge < -0.3 is 14.7 Å². The molecule has 1 N–H and O–H groups in total. The van der Waals surface area contributed by atoms with Gasteiger partial charge in [0.15, 0.2) is 0 Å². The van der Waals surface area contributed by atoms with Crippen LogP contribution in [0.25, 0.3) is 0 Å². The minimum absolute atomic E-state index is 0.109. The molecule has 1 saturated carbocycles. The van der Waals surface area contributed by atoms with E-state index in [4.69, 9.17) is 4.74 Å². The molecule has 1 fully saturated rings. The third kappa shape index (κ3) is 3.26. The summed E-state index contributed by atoms with van der Waals surface area (Å²) in [5.41, 5.74) is 0.598. The van der Waals surface area contributed by atoms with E-state index >= 15 is 0 Å². The molecule has 104 valence electrons. The fourth-order valence-corrected chi connectivity index (χ4v) is 2.28. The zero-order valence-corrected chi connectivity index (χ0v) is 11.7. The zero-order valence-electron chi connectivity index (χ0n) is 11.7. The maximum atomic E-state index is 12.2. The number of carbonyl (C=O) groups is 1. The van der Waals surface area contributed by atoms with Gasteiger partial charge in [-0.05, 0) is 51.6 Å². The smallest absolute Gasteiger partial charge is 0.313 e. The van der Waals surface area contributed by atoms with E-state index in [-0.39, 0.29) is 23.2 Å². The van der Waals surface area contributed by atoms with Crippen LogP contribution in [-0.4, -0.2) is 36.6 Å². The van der Waals surface area contributed by atoms with Gasteiger partial charge in [-0.2, -0.15) is 0 Å². The highest BCUT2D eigenvalue weighted by molar-refractivity contribution is 5.80. The Morgan fingerprint density at radius 3 is 2.42 bits per heavy atom. The molecule has 4 nitrogen and oxygen atoms in total. The molecule has 4 heteroatoms. The SMILES string of the molecule is CC(OC(=O)C1(CN(C)C)CC1)c1ccc(O)cc1. The average Bonchev–Trinajstić information content (AvgIpc) is 3.09. The average molecular weight is 263 g/mol. The lowest BCUT2D eigenvalue weighted by Crippen LogP contribution is -2.31. The first-order valence-electron chi connectivity index (χ1n) is 6.58. The maximum absolute atomic E-state index is 12.2. The van der Waals surface area contributed by atoms with Crippen LogP contribution in [-0.2, 0) is 9.53 Å².